The lowest BCUT2D eigenvalue weighted by Crippen LogP contribution is -2.40. The van der Waals surface area contributed by atoms with Crippen LogP contribution in [-0.4, -0.2) is 53.1 Å². The molecule has 1 N–H and O–H groups in total. The highest BCUT2D eigenvalue weighted by Crippen LogP contribution is 2.16. The van der Waals surface area contributed by atoms with Crippen molar-refractivity contribution in [3.05, 3.63) is 23.9 Å². The molecule has 1 aromatic heterocycles. The maximum absolute atomic E-state index is 12.2. The minimum atomic E-state index is -2.58. The monoisotopic (exact) mass is 286 g/mol. The van der Waals surface area contributed by atoms with E-state index in [4.69, 9.17) is 4.74 Å². The molecule has 0 unspecified atom stereocenters. The number of aliphatic hydroxyl groups excluding tert-OH is 1. The number of carbonyl (C=O) groups is 1. The number of pyridine rings is 1. The predicted molar refractivity (Wildman–Crippen MR) is 66.9 cm³/mol. The number of aromatic nitrogens is 1. The highest BCUT2D eigenvalue weighted by molar-refractivity contribution is 5.94. The van der Waals surface area contributed by atoms with Crippen LogP contribution in [0.4, 0.5) is 8.78 Å². The van der Waals surface area contributed by atoms with E-state index in [1.807, 2.05) is 0 Å². The number of carbonyl (C=O) groups excluding carboxylic acids is 1. The highest BCUT2D eigenvalue weighted by atomic mass is 19.3. The summed E-state index contributed by atoms with van der Waals surface area (Å²) < 4.78 is 28.9. The Labute approximate surface area is 115 Å². The van der Waals surface area contributed by atoms with Gasteiger partial charge in [0.15, 0.2) is 6.61 Å². The van der Waals surface area contributed by atoms with Gasteiger partial charge in [0.1, 0.15) is 0 Å². The van der Waals surface area contributed by atoms with Crippen LogP contribution in [0.5, 0.6) is 5.88 Å². The number of hydrogen-bond acceptors (Lipinski definition) is 4. The molecule has 0 radical (unpaired) electrons. The van der Waals surface area contributed by atoms with Crippen LogP contribution < -0.4 is 4.74 Å². The number of ether oxygens (including phenoxy) is 1. The van der Waals surface area contributed by atoms with Crippen molar-refractivity contribution in [1.82, 2.24) is 9.88 Å². The van der Waals surface area contributed by atoms with E-state index in [9.17, 15) is 18.7 Å². The molecule has 2 heterocycles. The van der Waals surface area contributed by atoms with Crippen LogP contribution in [0.1, 0.15) is 23.2 Å². The topological polar surface area (TPSA) is 62.7 Å². The van der Waals surface area contributed by atoms with Gasteiger partial charge in [-0.25, -0.2) is 13.8 Å². The van der Waals surface area contributed by atoms with Crippen LogP contribution in [0.3, 0.4) is 0 Å². The van der Waals surface area contributed by atoms with E-state index in [-0.39, 0.29) is 17.9 Å². The van der Waals surface area contributed by atoms with Gasteiger partial charge in [0, 0.05) is 30.9 Å². The van der Waals surface area contributed by atoms with Crippen molar-refractivity contribution in [1.29, 1.82) is 0 Å². The first-order chi connectivity index (χ1) is 9.56. The van der Waals surface area contributed by atoms with Gasteiger partial charge in [0.05, 0.1) is 6.10 Å². The van der Waals surface area contributed by atoms with E-state index in [0.29, 0.717) is 31.5 Å². The number of piperidine rings is 1. The van der Waals surface area contributed by atoms with Crippen molar-refractivity contribution in [2.75, 3.05) is 19.7 Å². The van der Waals surface area contributed by atoms with Crippen molar-refractivity contribution in [3.8, 4) is 5.88 Å². The fourth-order valence-corrected chi connectivity index (χ4v) is 2.02. The lowest BCUT2D eigenvalue weighted by Gasteiger charge is -2.29. The van der Waals surface area contributed by atoms with Gasteiger partial charge >= 0.3 is 0 Å². The van der Waals surface area contributed by atoms with Crippen LogP contribution in [0.2, 0.25) is 0 Å². The van der Waals surface area contributed by atoms with E-state index in [1.54, 1.807) is 4.90 Å². The number of likely N-dealkylation sites (tertiary alicyclic amines) is 1. The lowest BCUT2D eigenvalue weighted by molar-refractivity contribution is 0.0545. The molecule has 0 atom stereocenters. The van der Waals surface area contributed by atoms with E-state index in [1.165, 1.54) is 18.3 Å². The Balaban J connectivity index is 2.00. The molecule has 1 saturated heterocycles. The zero-order valence-electron chi connectivity index (χ0n) is 10.8. The molecule has 1 aromatic rings. The second kappa shape index (κ2) is 6.60. The molecule has 2 rings (SSSR count). The van der Waals surface area contributed by atoms with E-state index < -0.39 is 13.0 Å². The number of alkyl halides is 2. The van der Waals surface area contributed by atoms with E-state index in [2.05, 4.69) is 4.98 Å². The molecule has 110 valence electrons. The van der Waals surface area contributed by atoms with Gasteiger partial charge in [-0.2, -0.15) is 0 Å². The number of halogens is 2. The molecule has 0 saturated carbocycles. The van der Waals surface area contributed by atoms with Crippen molar-refractivity contribution in [2.45, 2.75) is 25.4 Å². The molecular formula is C13H16F2N2O3. The average Bonchev–Trinajstić information content (AvgIpc) is 2.45. The molecule has 0 spiro atoms. The third kappa shape index (κ3) is 3.86. The Hall–Kier alpha value is -1.76. The standard InChI is InChI=1S/C13H16F2N2O3/c14-11(15)8-20-12-7-9(1-4-16-12)13(19)17-5-2-10(18)3-6-17/h1,4,7,10-11,18H,2-3,5-6,8H2. The molecule has 7 heteroatoms. The summed E-state index contributed by atoms with van der Waals surface area (Å²) in [5.74, 6) is -0.200. The molecule has 1 aliphatic heterocycles. The van der Waals surface area contributed by atoms with Crippen LogP contribution in [0.15, 0.2) is 18.3 Å². The van der Waals surface area contributed by atoms with Crippen LogP contribution in [-0.2, 0) is 0 Å². The number of hydrogen-bond donors (Lipinski definition) is 1. The van der Waals surface area contributed by atoms with Gasteiger partial charge in [-0.1, -0.05) is 0 Å². The summed E-state index contributed by atoms with van der Waals surface area (Å²) >= 11 is 0. The van der Waals surface area contributed by atoms with Crippen molar-refractivity contribution in [2.24, 2.45) is 0 Å². The first-order valence-electron chi connectivity index (χ1n) is 6.40. The summed E-state index contributed by atoms with van der Waals surface area (Å²) in [6.45, 7) is 0.214. The van der Waals surface area contributed by atoms with Gasteiger partial charge in [-0.3, -0.25) is 4.79 Å². The number of aliphatic hydroxyl groups is 1. The Kier molecular flexibility index (Phi) is 4.84. The predicted octanol–water partition coefficient (Wildman–Crippen LogP) is 1.32. The van der Waals surface area contributed by atoms with Crippen LogP contribution in [0, 0.1) is 0 Å². The summed E-state index contributed by atoms with van der Waals surface area (Å²) in [6.07, 6.45) is -0.495. The maximum Gasteiger partial charge on any atom is 0.272 e. The van der Waals surface area contributed by atoms with Gasteiger partial charge in [0.2, 0.25) is 5.88 Å². The molecule has 0 aliphatic carbocycles. The van der Waals surface area contributed by atoms with E-state index in [0.717, 1.165) is 0 Å². The zero-order chi connectivity index (χ0) is 14.5. The molecule has 1 aliphatic rings. The number of nitrogens with zero attached hydrogens (tertiary/aromatic N) is 2. The molecular weight excluding hydrogens is 270 g/mol. The minimum Gasteiger partial charge on any atom is -0.472 e. The Bertz CT molecular complexity index is 463. The number of rotatable bonds is 4. The van der Waals surface area contributed by atoms with Crippen LogP contribution >= 0.6 is 0 Å². The molecule has 0 bridgehead atoms. The van der Waals surface area contributed by atoms with Gasteiger partial charge in [-0.05, 0) is 18.9 Å². The van der Waals surface area contributed by atoms with Gasteiger partial charge < -0.3 is 14.7 Å². The average molecular weight is 286 g/mol. The largest absolute Gasteiger partial charge is 0.472 e. The first-order valence-corrected chi connectivity index (χ1v) is 6.40. The second-order valence-electron chi connectivity index (χ2n) is 4.61. The summed E-state index contributed by atoms with van der Waals surface area (Å²) in [6, 6.07) is 2.87. The minimum absolute atomic E-state index is 0.00759. The van der Waals surface area contributed by atoms with Crippen molar-refractivity contribution < 1.29 is 23.4 Å². The van der Waals surface area contributed by atoms with Crippen molar-refractivity contribution in [3.63, 3.8) is 0 Å². The third-order valence-electron chi connectivity index (χ3n) is 3.09. The summed E-state index contributed by atoms with van der Waals surface area (Å²) in [4.78, 5) is 17.6. The Morgan fingerprint density at radius 2 is 2.20 bits per heavy atom. The summed E-state index contributed by atoms with van der Waals surface area (Å²) in [5.41, 5.74) is 0.348. The fourth-order valence-electron chi connectivity index (χ4n) is 2.02. The van der Waals surface area contributed by atoms with E-state index >= 15 is 0 Å². The lowest BCUT2D eigenvalue weighted by atomic mass is 10.1. The van der Waals surface area contributed by atoms with Crippen LogP contribution in [0.25, 0.3) is 0 Å². The first kappa shape index (κ1) is 14.6. The SMILES string of the molecule is O=C(c1ccnc(OCC(F)F)c1)N1CCC(O)CC1. The van der Waals surface area contributed by atoms with Gasteiger partial charge in [0.25, 0.3) is 12.3 Å². The number of amides is 1. The van der Waals surface area contributed by atoms with Gasteiger partial charge in [-0.15, -0.1) is 0 Å². The normalized spacial score (nSPS) is 16.5. The van der Waals surface area contributed by atoms with Crippen molar-refractivity contribution >= 4 is 5.91 Å². The molecule has 5 nitrogen and oxygen atoms in total. The zero-order valence-corrected chi connectivity index (χ0v) is 10.8. The fraction of sp³-hybridized carbons (Fsp3) is 0.538. The third-order valence-corrected chi connectivity index (χ3v) is 3.09. The highest BCUT2D eigenvalue weighted by Gasteiger charge is 2.22. The molecule has 1 fully saturated rings. The summed E-state index contributed by atoms with van der Waals surface area (Å²) in [5, 5.41) is 9.41. The second-order valence-corrected chi connectivity index (χ2v) is 4.61. The molecule has 20 heavy (non-hydrogen) atoms. The molecule has 0 aromatic carbocycles. The molecule has 1 amide bonds. The smallest absolute Gasteiger partial charge is 0.272 e. The quantitative estimate of drug-likeness (QED) is 0.907. The Morgan fingerprint density at radius 1 is 1.50 bits per heavy atom. The summed E-state index contributed by atoms with van der Waals surface area (Å²) in [7, 11) is 0. The maximum atomic E-state index is 12.2. The Morgan fingerprint density at radius 3 is 2.85 bits per heavy atom.